The molecule has 0 aromatic heterocycles. The molecular weight excluding hydrogens is 176 g/mol. The van der Waals surface area contributed by atoms with E-state index in [1.54, 1.807) is 0 Å². The Morgan fingerprint density at radius 3 is 3.00 bits per heavy atom. The minimum atomic E-state index is 0.680. The molecule has 0 amide bonds. The molecule has 2 saturated heterocycles. The molecule has 0 aromatic rings. The van der Waals surface area contributed by atoms with Gasteiger partial charge >= 0.3 is 0 Å². The molecule has 0 radical (unpaired) electrons. The predicted octanol–water partition coefficient (Wildman–Crippen LogP) is 0.849. The van der Waals surface area contributed by atoms with E-state index in [1.807, 2.05) is 0 Å². The first-order valence-corrected chi connectivity index (χ1v) is 5.93. The first kappa shape index (κ1) is 10.4. The van der Waals surface area contributed by atoms with Crippen LogP contribution in [0.1, 0.15) is 26.2 Å². The minimum Gasteiger partial charge on any atom is -0.380 e. The Hall–Kier alpha value is -0.120. The molecular formula is C11H22N2O. The molecule has 2 unspecified atom stereocenters. The van der Waals surface area contributed by atoms with Crippen molar-refractivity contribution in [2.75, 3.05) is 32.8 Å². The number of rotatable bonds is 2. The third-order valence-corrected chi connectivity index (χ3v) is 3.51. The van der Waals surface area contributed by atoms with E-state index in [1.165, 1.54) is 32.4 Å². The van der Waals surface area contributed by atoms with E-state index >= 15 is 0 Å². The van der Waals surface area contributed by atoms with Crippen LogP contribution in [0.25, 0.3) is 0 Å². The highest BCUT2D eigenvalue weighted by Gasteiger charge is 2.26. The molecule has 3 nitrogen and oxygen atoms in total. The van der Waals surface area contributed by atoms with Crippen molar-refractivity contribution in [1.82, 2.24) is 10.2 Å². The summed E-state index contributed by atoms with van der Waals surface area (Å²) in [6.07, 6.45) is 3.88. The maximum atomic E-state index is 5.48. The van der Waals surface area contributed by atoms with Crippen LogP contribution in [0.3, 0.4) is 0 Å². The van der Waals surface area contributed by atoms with E-state index in [2.05, 4.69) is 17.1 Å². The normalized spacial score (nSPS) is 32.8. The molecule has 14 heavy (non-hydrogen) atoms. The van der Waals surface area contributed by atoms with Crippen molar-refractivity contribution in [2.24, 2.45) is 0 Å². The standard InChI is InChI=1S/C11H22N2O/c1-10(11-4-2-5-12-11)13-6-3-8-14-9-7-13/h10-12H,2-9H2,1H3. The lowest BCUT2D eigenvalue weighted by Gasteiger charge is -2.31. The average molecular weight is 198 g/mol. The quantitative estimate of drug-likeness (QED) is 0.712. The summed E-state index contributed by atoms with van der Waals surface area (Å²) in [6, 6.07) is 1.40. The Morgan fingerprint density at radius 2 is 2.21 bits per heavy atom. The summed E-state index contributed by atoms with van der Waals surface area (Å²) < 4.78 is 5.48. The zero-order chi connectivity index (χ0) is 9.80. The van der Waals surface area contributed by atoms with Gasteiger partial charge in [-0.3, -0.25) is 4.90 Å². The number of nitrogens with one attached hydrogen (secondary N) is 1. The molecule has 0 saturated carbocycles. The van der Waals surface area contributed by atoms with Crippen LogP contribution < -0.4 is 5.32 Å². The molecule has 2 fully saturated rings. The van der Waals surface area contributed by atoms with Crippen molar-refractivity contribution in [3.05, 3.63) is 0 Å². The van der Waals surface area contributed by atoms with Crippen LogP contribution in [-0.4, -0.2) is 49.8 Å². The van der Waals surface area contributed by atoms with Gasteiger partial charge in [-0.05, 0) is 32.7 Å². The summed E-state index contributed by atoms with van der Waals surface area (Å²) in [5.41, 5.74) is 0. The Morgan fingerprint density at radius 1 is 1.29 bits per heavy atom. The van der Waals surface area contributed by atoms with Gasteiger partial charge in [0.25, 0.3) is 0 Å². The monoisotopic (exact) mass is 198 g/mol. The topological polar surface area (TPSA) is 24.5 Å². The zero-order valence-corrected chi connectivity index (χ0v) is 9.17. The van der Waals surface area contributed by atoms with Crippen molar-refractivity contribution in [1.29, 1.82) is 0 Å². The van der Waals surface area contributed by atoms with Gasteiger partial charge in [0, 0.05) is 31.8 Å². The van der Waals surface area contributed by atoms with E-state index in [4.69, 9.17) is 4.74 Å². The summed E-state index contributed by atoms with van der Waals surface area (Å²) in [4.78, 5) is 2.58. The highest BCUT2D eigenvalue weighted by Crippen LogP contribution is 2.15. The highest BCUT2D eigenvalue weighted by atomic mass is 16.5. The van der Waals surface area contributed by atoms with Gasteiger partial charge in [0.15, 0.2) is 0 Å². The van der Waals surface area contributed by atoms with Crippen LogP contribution in [0.15, 0.2) is 0 Å². The van der Waals surface area contributed by atoms with E-state index in [9.17, 15) is 0 Å². The smallest absolute Gasteiger partial charge is 0.0593 e. The van der Waals surface area contributed by atoms with Gasteiger partial charge in [-0.2, -0.15) is 0 Å². The second kappa shape index (κ2) is 5.10. The molecule has 1 N–H and O–H groups in total. The van der Waals surface area contributed by atoms with Crippen LogP contribution in [0.5, 0.6) is 0 Å². The fourth-order valence-corrected chi connectivity index (χ4v) is 2.55. The van der Waals surface area contributed by atoms with Crippen molar-refractivity contribution in [3.63, 3.8) is 0 Å². The number of hydrogen-bond acceptors (Lipinski definition) is 3. The fraction of sp³-hybridized carbons (Fsp3) is 1.00. The second-order valence-electron chi connectivity index (χ2n) is 4.45. The molecule has 3 heteroatoms. The molecule has 0 aliphatic carbocycles. The van der Waals surface area contributed by atoms with E-state index in [0.29, 0.717) is 12.1 Å². The lowest BCUT2D eigenvalue weighted by atomic mass is 10.1. The third-order valence-electron chi connectivity index (χ3n) is 3.51. The molecule has 2 aliphatic heterocycles. The van der Waals surface area contributed by atoms with Crippen molar-refractivity contribution < 1.29 is 4.74 Å². The Kier molecular flexibility index (Phi) is 3.79. The van der Waals surface area contributed by atoms with E-state index < -0.39 is 0 Å². The molecule has 0 spiro atoms. The number of hydrogen-bond donors (Lipinski definition) is 1. The number of ether oxygens (including phenoxy) is 1. The van der Waals surface area contributed by atoms with Gasteiger partial charge in [-0.15, -0.1) is 0 Å². The van der Waals surface area contributed by atoms with Crippen molar-refractivity contribution in [2.45, 2.75) is 38.3 Å². The summed E-state index contributed by atoms with van der Waals surface area (Å²) in [7, 11) is 0. The summed E-state index contributed by atoms with van der Waals surface area (Å²) in [6.45, 7) is 7.74. The van der Waals surface area contributed by atoms with Crippen LogP contribution >= 0.6 is 0 Å². The second-order valence-corrected chi connectivity index (χ2v) is 4.45. The SMILES string of the molecule is CC(C1CCCN1)N1CCCOCC1. The minimum absolute atomic E-state index is 0.680. The molecule has 2 aliphatic rings. The van der Waals surface area contributed by atoms with Gasteiger partial charge in [-0.1, -0.05) is 0 Å². The Labute approximate surface area is 86.8 Å². The van der Waals surface area contributed by atoms with Gasteiger partial charge in [0.1, 0.15) is 0 Å². The fourth-order valence-electron chi connectivity index (χ4n) is 2.55. The lowest BCUT2D eigenvalue weighted by molar-refractivity contribution is 0.127. The van der Waals surface area contributed by atoms with Crippen molar-refractivity contribution in [3.8, 4) is 0 Å². The lowest BCUT2D eigenvalue weighted by Crippen LogP contribution is -2.46. The number of nitrogens with zero attached hydrogens (tertiary/aromatic N) is 1. The van der Waals surface area contributed by atoms with Gasteiger partial charge in [0.05, 0.1) is 6.61 Å². The Bertz CT molecular complexity index is 161. The summed E-state index contributed by atoms with van der Waals surface area (Å²) in [5, 5.41) is 3.59. The van der Waals surface area contributed by atoms with Crippen LogP contribution in [0.2, 0.25) is 0 Å². The first-order valence-electron chi connectivity index (χ1n) is 5.93. The maximum Gasteiger partial charge on any atom is 0.0593 e. The third kappa shape index (κ3) is 2.47. The van der Waals surface area contributed by atoms with Gasteiger partial charge in [-0.25, -0.2) is 0 Å². The summed E-state index contributed by atoms with van der Waals surface area (Å²) in [5.74, 6) is 0. The molecule has 0 aromatic carbocycles. The van der Waals surface area contributed by atoms with Gasteiger partial charge in [0.2, 0.25) is 0 Å². The molecule has 2 heterocycles. The van der Waals surface area contributed by atoms with Crippen LogP contribution in [0, 0.1) is 0 Å². The predicted molar refractivity (Wildman–Crippen MR) is 57.5 cm³/mol. The molecule has 2 rings (SSSR count). The van der Waals surface area contributed by atoms with E-state index in [-0.39, 0.29) is 0 Å². The van der Waals surface area contributed by atoms with Crippen molar-refractivity contribution >= 4 is 0 Å². The highest BCUT2D eigenvalue weighted by molar-refractivity contribution is 4.85. The maximum absolute atomic E-state index is 5.48. The zero-order valence-electron chi connectivity index (χ0n) is 9.17. The molecule has 0 bridgehead atoms. The largest absolute Gasteiger partial charge is 0.380 e. The first-order chi connectivity index (χ1) is 6.88. The Balaban J connectivity index is 1.84. The molecule has 82 valence electrons. The van der Waals surface area contributed by atoms with Gasteiger partial charge < -0.3 is 10.1 Å². The average Bonchev–Trinajstić information content (AvgIpc) is 2.59. The van der Waals surface area contributed by atoms with E-state index in [0.717, 1.165) is 19.8 Å². The summed E-state index contributed by atoms with van der Waals surface area (Å²) >= 11 is 0. The van der Waals surface area contributed by atoms with Crippen LogP contribution in [-0.2, 0) is 4.74 Å². The molecule has 2 atom stereocenters. The van der Waals surface area contributed by atoms with Crippen LogP contribution in [0.4, 0.5) is 0 Å².